The summed E-state index contributed by atoms with van der Waals surface area (Å²) in [5.41, 5.74) is -4.27. The van der Waals surface area contributed by atoms with Gasteiger partial charge in [0, 0.05) is 38.6 Å². The average Bonchev–Trinajstić information content (AvgIpc) is 2.74. The van der Waals surface area contributed by atoms with Crippen LogP contribution in [0.5, 0.6) is 0 Å². The van der Waals surface area contributed by atoms with Crippen molar-refractivity contribution in [2.24, 2.45) is 0 Å². The molecule has 0 spiro atoms. The fourth-order valence-electron chi connectivity index (χ4n) is 1.35. The molecule has 20 heavy (non-hydrogen) atoms. The minimum absolute atomic E-state index is 0. The van der Waals surface area contributed by atoms with Gasteiger partial charge in [-0.3, -0.25) is 4.98 Å². The first kappa shape index (κ1) is 16.7. The molecule has 0 saturated heterocycles. The van der Waals surface area contributed by atoms with Gasteiger partial charge in [-0.05, 0) is 18.0 Å². The molecule has 2 aromatic heterocycles. The summed E-state index contributed by atoms with van der Waals surface area (Å²) >= 11 is 0. The predicted octanol–water partition coefficient (Wildman–Crippen LogP) is 3.14. The van der Waals surface area contributed by atoms with Crippen LogP contribution in [0.3, 0.4) is 0 Å². The van der Waals surface area contributed by atoms with E-state index >= 15 is 0 Å². The first-order chi connectivity index (χ1) is 8.69. The molecule has 0 unspecified atom stereocenters. The molecule has 0 radical (unpaired) electrons. The number of rotatable bonds is 1. The minimum Gasteiger partial charge on any atom is -0.430 e. The maximum absolute atomic E-state index is 12.5. The SMILES string of the molecule is FC(F)(F)c1nc(-c2ccccn2)[n-]c1C(F)(F)F.[Pt]. The molecule has 0 amide bonds. The summed E-state index contributed by atoms with van der Waals surface area (Å²) in [5.74, 6) is -0.708. The summed E-state index contributed by atoms with van der Waals surface area (Å²) in [6, 6.07) is 4.08. The van der Waals surface area contributed by atoms with Crippen LogP contribution in [0, 0.1) is 0 Å². The van der Waals surface area contributed by atoms with E-state index < -0.39 is 29.6 Å². The first-order valence-electron chi connectivity index (χ1n) is 4.80. The van der Waals surface area contributed by atoms with Gasteiger partial charge in [0.15, 0.2) is 0 Å². The molecule has 0 saturated carbocycles. The van der Waals surface area contributed by atoms with Crippen molar-refractivity contribution in [3.8, 4) is 11.5 Å². The van der Waals surface area contributed by atoms with Gasteiger partial charge in [0.2, 0.25) is 0 Å². The molecule has 10 heteroatoms. The minimum atomic E-state index is -5.23. The Morgan fingerprint density at radius 1 is 0.950 bits per heavy atom. The molecule has 0 aromatic carbocycles. The monoisotopic (exact) mass is 475 g/mol. The normalized spacial score (nSPS) is 12.1. The molecule has 0 aliphatic rings. The Hall–Kier alpha value is -1.37. The number of hydrogen-bond donors (Lipinski definition) is 0. The molecule has 0 fully saturated rings. The van der Waals surface area contributed by atoms with Crippen LogP contribution >= 0.6 is 0 Å². The predicted molar refractivity (Wildman–Crippen MR) is 50.8 cm³/mol. The Bertz CT molecular complexity index is 543. The van der Waals surface area contributed by atoms with Crippen molar-refractivity contribution >= 4 is 0 Å². The number of pyridine rings is 1. The third kappa shape index (κ3) is 3.39. The summed E-state index contributed by atoms with van der Waals surface area (Å²) in [4.78, 5) is 9.41. The summed E-state index contributed by atoms with van der Waals surface area (Å²) in [6.07, 6.45) is -9.25. The van der Waals surface area contributed by atoms with E-state index in [4.69, 9.17) is 0 Å². The molecule has 0 aliphatic carbocycles. The standard InChI is InChI=1S/C10H4F6N3.Pt/c11-9(12,13)6-7(10(14,15)16)19-8(18-6)5-3-1-2-4-17-5;/h1-4H;/q-1;. The van der Waals surface area contributed by atoms with E-state index in [0.29, 0.717) is 0 Å². The van der Waals surface area contributed by atoms with E-state index in [0.717, 1.165) is 0 Å². The fourth-order valence-corrected chi connectivity index (χ4v) is 1.35. The zero-order chi connectivity index (χ0) is 14.3. The van der Waals surface area contributed by atoms with Crippen LogP contribution in [0.2, 0.25) is 0 Å². The largest absolute Gasteiger partial charge is 0.430 e. The second-order valence-electron chi connectivity index (χ2n) is 3.45. The molecule has 0 atom stereocenters. The summed E-state index contributed by atoms with van der Waals surface area (Å²) in [5, 5.41) is 0. The van der Waals surface area contributed by atoms with Gasteiger partial charge in [0.05, 0.1) is 5.69 Å². The second-order valence-corrected chi connectivity index (χ2v) is 3.45. The van der Waals surface area contributed by atoms with Crippen molar-refractivity contribution in [1.82, 2.24) is 15.0 Å². The maximum Gasteiger partial charge on any atom is 0.412 e. The number of aromatic nitrogens is 3. The van der Waals surface area contributed by atoms with E-state index in [9.17, 15) is 26.3 Å². The number of imidazole rings is 1. The average molecular weight is 475 g/mol. The molecule has 112 valence electrons. The van der Waals surface area contributed by atoms with Gasteiger partial charge in [-0.2, -0.15) is 26.3 Å². The van der Waals surface area contributed by atoms with Crippen LogP contribution in [-0.2, 0) is 33.4 Å². The van der Waals surface area contributed by atoms with Crippen molar-refractivity contribution in [2.45, 2.75) is 12.4 Å². The van der Waals surface area contributed by atoms with Crippen LogP contribution < -0.4 is 4.98 Å². The van der Waals surface area contributed by atoms with Crippen molar-refractivity contribution in [2.75, 3.05) is 0 Å². The molecule has 0 aliphatic heterocycles. The zero-order valence-electron chi connectivity index (χ0n) is 9.24. The van der Waals surface area contributed by atoms with Gasteiger partial charge in [-0.1, -0.05) is 6.07 Å². The molecule has 2 rings (SSSR count). The summed E-state index contributed by atoms with van der Waals surface area (Å²) < 4.78 is 74.9. The second kappa shape index (κ2) is 5.55. The van der Waals surface area contributed by atoms with Crippen LogP contribution in [0.1, 0.15) is 11.4 Å². The third-order valence-electron chi connectivity index (χ3n) is 2.09. The van der Waals surface area contributed by atoms with Gasteiger partial charge in [0.1, 0.15) is 0 Å². The third-order valence-corrected chi connectivity index (χ3v) is 2.09. The van der Waals surface area contributed by atoms with Crippen molar-refractivity contribution < 1.29 is 47.4 Å². The van der Waals surface area contributed by atoms with Crippen molar-refractivity contribution in [1.29, 1.82) is 0 Å². The molecule has 0 N–H and O–H groups in total. The molecular weight excluding hydrogens is 471 g/mol. The quantitative estimate of drug-likeness (QED) is 0.596. The first-order valence-corrected chi connectivity index (χ1v) is 4.80. The smallest absolute Gasteiger partial charge is 0.412 e. The van der Waals surface area contributed by atoms with Crippen molar-refractivity contribution in [3.05, 3.63) is 35.8 Å². The van der Waals surface area contributed by atoms with E-state index in [1.165, 1.54) is 24.4 Å². The van der Waals surface area contributed by atoms with Gasteiger partial charge in [-0.25, -0.2) is 0 Å². The van der Waals surface area contributed by atoms with Gasteiger partial charge in [0.25, 0.3) is 0 Å². The maximum atomic E-state index is 12.5. The summed E-state index contributed by atoms with van der Waals surface area (Å²) in [7, 11) is 0. The fraction of sp³-hybridized carbons (Fsp3) is 0.200. The number of hydrogen-bond acceptors (Lipinski definition) is 2. The van der Waals surface area contributed by atoms with E-state index in [2.05, 4.69) is 15.0 Å². The Morgan fingerprint density at radius 2 is 1.60 bits per heavy atom. The number of halogens is 6. The number of nitrogens with zero attached hydrogens (tertiary/aromatic N) is 3. The topological polar surface area (TPSA) is 39.9 Å². The van der Waals surface area contributed by atoms with Crippen LogP contribution in [-0.4, -0.2) is 9.97 Å². The number of alkyl halides is 6. The van der Waals surface area contributed by atoms with E-state index in [1.54, 1.807) is 0 Å². The van der Waals surface area contributed by atoms with Gasteiger partial charge >= 0.3 is 12.4 Å². The Balaban J connectivity index is 0.00000200. The van der Waals surface area contributed by atoms with E-state index in [1.807, 2.05) is 0 Å². The molecule has 0 bridgehead atoms. The molecule has 2 heterocycles. The van der Waals surface area contributed by atoms with Crippen LogP contribution in [0.25, 0.3) is 11.5 Å². The van der Waals surface area contributed by atoms with Gasteiger partial charge in [-0.15, -0.1) is 0 Å². The van der Waals surface area contributed by atoms with Crippen LogP contribution in [0.15, 0.2) is 24.4 Å². The van der Waals surface area contributed by atoms with Crippen molar-refractivity contribution in [3.63, 3.8) is 0 Å². The Morgan fingerprint density at radius 3 is 2.00 bits per heavy atom. The molecule has 2 aromatic rings. The van der Waals surface area contributed by atoms with Crippen LogP contribution in [0.4, 0.5) is 26.3 Å². The Kier molecular flexibility index (Phi) is 4.63. The van der Waals surface area contributed by atoms with Gasteiger partial charge < -0.3 is 9.97 Å². The summed E-state index contributed by atoms with van der Waals surface area (Å²) in [6.45, 7) is 0. The zero-order valence-corrected chi connectivity index (χ0v) is 11.5. The molecule has 3 nitrogen and oxygen atoms in total. The molecular formula is C10H4F6N3Pt-. The Labute approximate surface area is 122 Å². The van der Waals surface area contributed by atoms with E-state index in [-0.39, 0.29) is 26.8 Å².